The van der Waals surface area contributed by atoms with E-state index in [9.17, 15) is 9.59 Å². The van der Waals surface area contributed by atoms with Crippen LogP contribution in [0, 0.1) is 0 Å². The van der Waals surface area contributed by atoms with E-state index in [0.29, 0.717) is 13.1 Å². The maximum Gasteiger partial charge on any atom is 0.223 e. The van der Waals surface area contributed by atoms with Gasteiger partial charge in [-0.25, -0.2) is 0 Å². The summed E-state index contributed by atoms with van der Waals surface area (Å²) < 4.78 is 0. The number of pyridine rings is 1. The van der Waals surface area contributed by atoms with Gasteiger partial charge in [-0.15, -0.1) is 0 Å². The average Bonchev–Trinajstić information content (AvgIpc) is 2.58. The largest absolute Gasteiger partial charge is 0.356 e. The summed E-state index contributed by atoms with van der Waals surface area (Å²) in [5.41, 5.74) is 1.03. The molecule has 0 saturated carbocycles. The van der Waals surface area contributed by atoms with Gasteiger partial charge in [-0.1, -0.05) is 13.0 Å². The lowest BCUT2D eigenvalue weighted by Crippen LogP contribution is -2.48. The summed E-state index contributed by atoms with van der Waals surface area (Å²) in [6.07, 6.45) is 4.94. The Labute approximate surface area is 131 Å². The third-order valence-electron chi connectivity index (χ3n) is 3.77. The van der Waals surface area contributed by atoms with Crippen molar-refractivity contribution in [1.29, 1.82) is 0 Å². The zero-order valence-electron chi connectivity index (χ0n) is 13.0. The molecule has 0 spiro atoms. The molecule has 22 heavy (non-hydrogen) atoms. The Balaban J connectivity index is 1.93. The van der Waals surface area contributed by atoms with Crippen LogP contribution in [0.25, 0.3) is 0 Å². The number of amides is 2. The molecule has 1 aromatic heterocycles. The third-order valence-corrected chi connectivity index (χ3v) is 3.77. The number of hydrogen-bond acceptors (Lipinski definition) is 4. The van der Waals surface area contributed by atoms with Gasteiger partial charge in [-0.3, -0.25) is 14.6 Å². The Hall–Kier alpha value is -1.95. The highest BCUT2D eigenvalue weighted by Gasteiger charge is 2.27. The van der Waals surface area contributed by atoms with Crippen molar-refractivity contribution in [3.8, 4) is 0 Å². The second kappa shape index (κ2) is 8.48. The van der Waals surface area contributed by atoms with Gasteiger partial charge >= 0.3 is 0 Å². The second-order valence-electron chi connectivity index (χ2n) is 5.44. The van der Waals surface area contributed by atoms with Crippen LogP contribution < -0.4 is 10.6 Å². The van der Waals surface area contributed by atoms with E-state index in [0.717, 1.165) is 25.1 Å². The Morgan fingerprint density at radius 1 is 1.45 bits per heavy atom. The number of nitrogens with zero attached hydrogens (tertiary/aromatic N) is 2. The van der Waals surface area contributed by atoms with Crippen molar-refractivity contribution in [2.75, 3.05) is 26.2 Å². The van der Waals surface area contributed by atoms with Gasteiger partial charge in [0.1, 0.15) is 0 Å². The quantitative estimate of drug-likeness (QED) is 0.817. The molecule has 120 valence electrons. The highest BCUT2D eigenvalue weighted by atomic mass is 16.2. The fourth-order valence-corrected chi connectivity index (χ4v) is 2.59. The van der Waals surface area contributed by atoms with Crippen LogP contribution in [-0.4, -0.2) is 47.9 Å². The van der Waals surface area contributed by atoms with E-state index in [2.05, 4.69) is 15.6 Å². The smallest absolute Gasteiger partial charge is 0.223 e. The molecule has 1 aliphatic heterocycles. The SMILES string of the molecule is CCCNC(=O)CCC(=O)N1CCNCC1c1cccnc1. The van der Waals surface area contributed by atoms with Crippen LogP contribution in [-0.2, 0) is 9.59 Å². The van der Waals surface area contributed by atoms with Gasteiger partial charge in [0.2, 0.25) is 11.8 Å². The lowest BCUT2D eigenvalue weighted by Gasteiger charge is -2.36. The van der Waals surface area contributed by atoms with Crippen LogP contribution in [0.3, 0.4) is 0 Å². The summed E-state index contributed by atoms with van der Waals surface area (Å²) in [6, 6.07) is 3.86. The van der Waals surface area contributed by atoms with Crippen molar-refractivity contribution in [1.82, 2.24) is 20.5 Å². The van der Waals surface area contributed by atoms with Crippen molar-refractivity contribution in [2.45, 2.75) is 32.2 Å². The maximum absolute atomic E-state index is 12.5. The summed E-state index contributed by atoms with van der Waals surface area (Å²) in [5.74, 6) is -0.0229. The first kappa shape index (κ1) is 16.4. The molecule has 1 unspecified atom stereocenters. The molecule has 6 nitrogen and oxygen atoms in total. The molecule has 1 fully saturated rings. The Morgan fingerprint density at radius 3 is 3.05 bits per heavy atom. The molecule has 0 bridgehead atoms. The van der Waals surface area contributed by atoms with E-state index in [1.54, 1.807) is 12.4 Å². The average molecular weight is 304 g/mol. The molecule has 0 radical (unpaired) electrons. The van der Waals surface area contributed by atoms with Gasteiger partial charge in [0.05, 0.1) is 6.04 Å². The number of piperazine rings is 1. The molecule has 6 heteroatoms. The summed E-state index contributed by atoms with van der Waals surface area (Å²) in [6.45, 7) is 4.84. The molecular weight excluding hydrogens is 280 g/mol. The van der Waals surface area contributed by atoms with E-state index >= 15 is 0 Å². The number of carbonyl (C=O) groups excluding carboxylic acids is 2. The minimum absolute atomic E-state index is 0.00588. The fraction of sp³-hybridized carbons (Fsp3) is 0.562. The van der Waals surface area contributed by atoms with E-state index in [1.807, 2.05) is 24.0 Å². The van der Waals surface area contributed by atoms with Crippen LogP contribution in [0.15, 0.2) is 24.5 Å². The first-order chi connectivity index (χ1) is 10.7. The van der Waals surface area contributed by atoms with E-state index in [-0.39, 0.29) is 30.7 Å². The molecule has 0 aromatic carbocycles. The van der Waals surface area contributed by atoms with Crippen LogP contribution in [0.2, 0.25) is 0 Å². The number of hydrogen-bond donors (Lipinski definition) is 2. The Morgan fingerprint density at radius 2 is 2.32 bits per heavy atom. The molecule has 2 amide bonds. The monoisotopic (exact) mass is 304 g/mol. The zero-order chi connectivity index (χ0) is 15.8. The molecule has 1 aliphatic rings. The molecule has 1 aromatic rings. The topological polar surface area (TPSA) is 74.3 Å². The van der Waals surface area contributed by atoms with Crippen LogP contribution in [0.1, 0.15) is 37.8 Å². The summed E-state index contributed by atoms with van der Waals surface area (Å²) >= 11 is 0. The maximum atomic E-state index is 12.5. The van der Waals surface area contributed by atoms with E-state index < -0.39 is 0 Å². The van der Waals surface area contributed by atoms with Gasteiger partial charge < -0.3 is 15.5 Å². The molecule has 0 aliphatic carbocycles. The van der Waals surface area contributed by atoms with Crippen molar-refractivity contribution in [2.24, 2.45) is 0 Å². The van der Waals surface area contributed by atoms with Crippen LogP contribution in [0.4, 0.5) is 0 Å². The number of nitrogens with one attached hydrogen (secondary N) is 2. The Kier molecular flexibility index (Phi) is 6.33. The standard InChI is InChI=1S/C16H24N4O2/c1-2-7-19-15(21)5-6-16(22)20-10-9-18-12-14(20)13-4-3-8-17-11-13/h3-4,8,11,14,18H,2,5-7,9-10,12H2,1H3,(H,19,21). The molecule has 2 rings (SSSR count). The minimum atomic E-state index is -0.0525. The molecule has 2 N–H and O–H groups in total. The highest BCUT2D eigenvalue weighted by Crippen LogP contribution is 2.22. The van der Waals surface area contributed by atoms with Gasteiger partial charge in [0.25, 0.3) is 0 Å². The fourth-order valence-electron chi connectivity index (χ4n) is 2.59. The first-order valence-corrected chi connectivity index (χ1v) is 7.89. The van der Waals surface area contributed by atoms with E-state index in [4.69, 9.17) is 0 Å². The zero-order valence-corrected chi connectivity index (χ0v) is 13.0. The summed E-state index contributed by atoms with van der Waals surface area (Å²) in [5, 5.41) is 6.11. The number of aromatic nitrogens is 1. The highest BCUT2D eigenvalue weighted by molar-refractivity contribution is 5.84. The van der Waals surface area contributed by atoms with Crippen molar-refractivity contribution in [3.63, 3.8) is 0 Å². The lowest BCUT2D eigenvalue weighted by atomic mass is 10.0. The molecular formula is C16H24N4O2. The number of rotatable bonds is 6. The van der Waals surface area contributed by atoms with Crippen LogP contribution in [0.5, 0.6) is 0 Å². The van der Waals surface area contributed by atoms with Crippen molar-refractivity contribution >= 4 is 11.8 Å². The predicted molar refractivity (Wildman–Crippen MR) is 84.1 cm³/mol. The predicted octanol–water partition coefficient (Wildman–Crippen LogP) is 0.861. The lowest BCUT2D eigenvalue weighted by molar-refractivity contribution is -0.136. The first-order valence-electron chi connectivity index (χ1n) is 7.89. The van der Waals surface area contributed by atoms with E-state index in [1.165, 1.54) is 0 Å². The minimum Gasteiger partial charge on any atom is -0.356 e. The van der Waals surface area contributed by atoms with Crippen molar-refractivity contribution in [3.05, 3.63) is 30.1 Å². The normalized spacial score (nSPS) is 18.0. The van der Waals surface area contributed by atoms with Gasteiger partial charge in [0.15, 0.2) is 0 Å². The van der Waals surface area contributed by atoms with Gasteiger partial charge in [-0.2, -0.15) is 0 Å². The number of carbonyl (C=O) groups is 2. The van der Waals surface area contributed by atoms with Crippen molar-refractivity contribution < 1.29 is 9.59 Å². The molecule has 1 saturated heterocycles. The summed E-state index contributed by atoms with van der Waals surface area (Å²) in [4.78, 5) is 30.1. The van der Waals surface area contributed by atoms with Crippen LogP contribution >= 0.6 is 0 Å². The summed E-state index contributed by atoms with van der Waals surface area (Å²) in [7, 11) is 0. The second-order valence-corrected chi connectivity index (χ2v) is 5.44. The molecule has 1 atom stereocenters. The van der Waals surface area contributed by atoms with Gasteiger partial charge in [0, 0.05) is 51.4 Å². The Bertz CT molecular complexity index is 492. The third kappa shape index (κ3) is 4.53. The van der Waals surface area contributed by atoms with Gasteiger partial charge in [-0.05, 0) is 18.1 Å². The molecule has 2 heterocycles.